The molecule has 0 spiro atoms. The SMILES string of the molecule is CC1(C(O)c2ccc(-c3ccccc3)cc2)CCCO1. The lowest BCUT2D eigenvalue weighted by atomic mass is 9.89. The number of hydrogen-bond donors (Lipinski definition) is 1. The third-order valence-corrected chi connectivity index (χ3v) is 4.16. The van der Waals surface area contributed by atoms with Crippen molar-refractivity contribution in [3.63, 3.8) is 0 Å². The van der Waals surface area contributed by atoms with Crippen molar-refractivity contribution in [2.75, 3.05) is 6.61 Å². The number of rotatable bonds is 3. The van der Waals surface area contributed by atoms with Crippen LogP contribution in [0.15, 0.2) is 54.6 Å². The van der Waals surface area contributed by atoms with Gasteiger partial charge in [-0.2, -0.15) is 0 Å². The minimum atomic E-state index is -0.560. The van der Waals surface area contributed by atoms with Crippen molar-refractivity contribution in [3.05, 3.63) is 60.2 Å². The first-order chi connectivity index (χ1) is 9.69. The summed E-state index contributed by atoms with van der Waals surface area (Å²) in [6.07, 6.45) is 1.37. The van der Waals surface area contributed by atoms with Crippen LogP contribution in [0, 0.1) is 0 Å². The van der Waals surface area contributed by atoms with Gasteiger partial charge in [-0.1, -0.05) is 54.6 Å². The monoisotopic (exact) mass is 268 g/mol. The van der Waals surface area contributed by atoms with E-state index in [0.29, 0.717) is 0 Å². The van der Waals surface area contributed by atoms with Crippen LogP contribution >= 0.6 is 0 Å². The van der Waals surface area contributed by atoms with E-state index >= 15 is 0 Å². The Morgan fingerprint density at radius 3 is 2.25 bits per heavy atom. The van der Waals surface area contributed by atoms with Crippen LogP contribution < -0.4 is 0 Å². The molecular weight excluding hydrogens is 248 g/mol. The maximum absolute atomic E-state index is 10.5. The largest absolute Gasteiger partial charge is 0.385 e. The predicted molar refractivity (Wildman–Crippen MR) is 80.4 cm³/mol. The lowest BCUT2D eigenvalue weighted by Gasteiger charge is -2.29. The van der Waals surface area contributed by atoms with E-state index in [-0.39, 0.29) is 0 Å². The van der Waals surface area contributed by atoms with Crippen LogP contribution in [0.25, 0.3) is 11.1 Å². The standard InChI is InChI=1S/C18H20O2/c1-18(12-5-13-20-18)17(19)16-10-8-15(9-11-16)14-6-3-2-4-7-14/h2-4,6-11,17,19H,5,12-13H2,1H3. The Balaban J connectivity index is 1.83. The van der Waals surface area contributed by atoms with Gasteiger partial charge in [0.1, 0.15) is 6.10 Å². The van der Waals surface area contributed by atoms with Crippen LogP contribution in [0.4, 0.5) is 0 Å². The maximum Gasteiger partial charge on any atom is 0.108 e. The molecule has 20 heavy (non-hydrogen) atoms. The van der Waals surface area contributed by atoms with E-state index in [1.807, 2.05) is 37.3 Å². The first-order valence-corrected chi connectivity index (χ1v) is 7.16. The van der Waals surface area contributed by atoms with Gasteiger partial charge in [0, 0.05) is 6.61 Å². The molecule has 2 atom stereocenters. The molecule has 1 saturated heterocycles. The van der Waals surface area contributed by atoms with Gasteiger partial charge < -0.3 is 9.84 Å². The number of aliphatic hydroxyl groups is 1. The van der Waals surface area contributed by atoms with E-state index in [1.54, 1.807) is 0 Å². The molecule has 0 saturated carbocycles. The molecule has 2 unspecified atom stereocenters. The van der Waals surface area contributed by atoms with Gasteiger partial charge in [-0.3, -0.25) is 0 Å². The van der Waals surface area contributed by atoms with Crippen LogP contribution in [0.5, 0.6) is 0 Å². The molecule has 0 aromatic heterocycles. The molecule has 1 N–H and O–H groups in total. The van der Waals surface area contributed by atoms with Crippen LogP contribution in [-0.4, -0.2) is 17.3 Å². The van der Waals surface area contributed by atoms with E-state index in [1.165, 1.54) is 11.1 Å². The highest BCUT2D eigenvalue weighted by molar-refractivity contribution is 5.63. The number of benzene rings is 2. The number of aliphatic hydroxyl groups excluding tert-OH is 1. The second kappa shape index (κ2) is 5.39. The molecule has 0 radical (unpaired) electrons. The first-order valence-electron chi connectivity index (χ1n) is 7.16. The topological polar surface area (TPSA) is 29.5 Å². The second-order valence-corrected chi connectivity index (χ2v) is 5.66. The van der Waals surface area contributed by atoms with E-state index in [0.717, 1.165) is 25.0 Å². The Labute approximate surface area is 120 Å². The van der Waals surface area contributed by atoms with Crippen LogP contribution in [0.3, 0.4) is 0 Å². The Morgan fingerprint density at radius 2 is 1.65 bits per heavy atom. The zero-order valence-corrected chi connectivity index (χ0v) is 11.8. The molecule has 0 aliphatic carbocycles. The van der Waals surface area contributed by atoms with Gasteiger partial charge in [-0.15, -0.1) is 0 Å². The lowest BCUT2D eigenvalue weighted by molar-refractivity contribution is -0.0796. The third kappa shape index (κ3) is 2.49. The molecule has 2 nitrogen and oxygen atoms in total. The highest BCUT2D eigenvalue weighted by Crippen LogP contribution is 2.37. The summed E-state index contributed by atoms with van der Waals surface area (Å²) in [4.78, 5) is 0. The van der Waals surface area contributed by atoms with Crippen molar-refractivity contribution in [1.29, 1.82) is 0 Å². The Bertz CT molecular complexity index is 554. The lowest BCUT2D eigenvalue weighted by Crippen LogP contribution is -2.31. The van der Waals surface area contributed by atoms with Gasteiger partial charge in [0.2, 0.25) is 0 Å². The summed E-state index contributed by atoms with van der Waals surface area (Å²) in [6, 6.07) is 18.4. The van der Waals surface area contributed by atoms with E-state index in [2.05, 4.69) is 24.3 Å². The molecule has 1 aliphatic heterocycles. The van der Waals surface area contributed by atoms with E-state index in [4.69, 9.17) is 4.74 Å². The Hall–Kier alpha value is -1.64. The Morgan fingerprint density at radius 1 is 1.00 bits per heavy atom. The average molecular weight is 268 g/mol. The average Bonchev–Trinajstić information content (AvgIpc) is 2.96. The molecular formula is C18H20O2. The molecule has 2 aromatic rings. The van der Waals surface area contributed by atoms with Crippen molar-refractivity contribution in [2.45, 2.75) is 31.5 Å². The quantitative estimate of drug-likeness (QED) is 0.913. The third-order valence-electron chi connectivity index (χ3n) is 4.16. The van der Waals surface area contributed by atoms with Crippen molar-refractivity contribution in [3.8, 4) is 11.1 Å². The zero-order chi connectivity index (χ0) is 14.0. The van der Waals surface area contributed by atoms with Crippen molar-refractivity contribution < 1.29 is 9.84 Å². The first kappa shape index (κ1) is 13.3. The van der Waals surface area contributed by atoms with Crippen LogP contribution in [-0.2, 0) is 4.74 Å². The molecule has 2 heteroatoms. The van der Waals surface area contributed by atoms with E-state index < -0.39 is 11.7 Å². The smallest absolute Gasteiger partial charge is 0.108 e. The molecule has 0 amide bonds. The molecule has 0 bridgehead atoms. The maximum atomic E-state index is 10.5. The van der Waals surface area contributed by atoms with Gasteiger partial charge >= 0.3 is 0 Å². The number of ether oxygens (including phenoxy) is 1. The summed E-state index contributed by atoms with van der Waals surface area (Å²) in [5.74, 6) is 0. The van der Waals surface area contributed by atoms with Crippen molar-refractivity contribution in [1.82, 2.24) is 0 Å². The summed E-state index contributed by atoms with van der Waals surface area (Å²) >= 11 is 0. The predicted octanol–water partition coefficient (Wildman–Crippen LogP) is 3.96. The fourth-order valence-corrected chi connectivity index (χ4v) is 2.86. The molecule has 3 rings (SSSR count). The summed E-state index contributed by atoms with van der Waals surface area (Å²) in [5.41, 5.74) is 2.85. The molecule has 1 heterocycles. The van der Waals surface area contributed by atoms with Gasteiger partial charge in [-0.05, 0) is 36.5 Å². The second-order valence-electron chi connectivity index (χ2n) is 5.66. The fraction of sp³-hybridized carbons (Fsp3) is 0.333. The fourth-order valence-electron chi connectivity index (χ4n) is 2.86. The molecule has 104 valence electrons. The van der Waals surface area contributed by atoms with Crippen LogP contribution in [0.2, 0.25) is 0 Å². The molecule has 2 aromatic carbocycles. The highest BCUT2D eigenvalue weighted by Gasteiger charge is 2.38. The van der Waals surface area contributed by atoms with Crippen LogP contribution in [0.1, 0.15) is 31.4 Å². The minimum Gasteiger partial charge on any atom is -0.385 e. The van der Waals surface area contributed by atoms with E-state index in [9.17, 15) is 5.11 Å². The molecule has 1 aliphatic rings. The Kier molecular flexibility index (Phi) is 3.60. The normalized spacial score (nSPS) is 23.7. The highest BCUT2D eigenvalue weighted by atomic mass is 16.5. The molecule has 1 fully saturated rings. The summed E-state index contributed by atoms with van der Waals surface area (Å²) in [7, 11) is 0. The summed E-state index contributed by atoms with van der Waals surface area (Å²) in [6.45, 7) is 2.74. The van der Waals surface area contributed by atoms with Gasteiger partial charge in [0.05, 0.1) is 5.60 Å². The van der Waals surface area contributed by atoms with Gasteiger partial charge in [-0.25, -0.2) is 0 Å². The van der Waals surface area contributed by atoms with Crippen molar-refractivity contribution >= 4 is 0 Å². The van der Waals surface area contributed by atoms with Crippen molar-refractivity contribution in [2.24, 2.45) is 0 Å². The summed E-state index contributed by atoms with van der Waals surface area (Å²) in [5, 5.41) is 10.5. The minimum absolute atomic E-state index is 0.436. The van der Waals surface area contributed by atoms with Gasteiger partial charge in [0.25, 0.3) is 0 Å². The zero-order valence-electron chi connectivity index (χ0n) is 11.8. The number of hydrogen-bond acceptors (Lipinski definition) is 2. The van der Waals surface area contributed by atoms with Gasteiger partial charge in [0.15, 0.2) is 0 Å². The summed E-state index contributed by atoms with van der Waals surface area (Å²) < 4.78 is 5.72.